The quantitative estimate of drug-likeness (QED) is 0.625. The van der Waals surface area contributed by atoms with Crippen LogP contribution in [0, 0.1) is 22.0 Å². The summed E-state index contributed by atoms with van der Waals surface area (Å²) in [5, 5.41) is 11.0. The van der Waals surface area contributed by atoms with E-state index in [0.717, 1.165) is 6.42 Å². The van der Waals surface area contributed by atoms with Crippen LogP contribution in [-0.2, 0) is 11.3 Å². The number of non-ortho nitro benzene ring substituents is 1. The van der Waals surface area contributed by atoms with E-state index in [-0.39, 0.29) is 23.5 Å². The highest BCUT2D eigenvalue weighted by atomic mass is 16.6. The summed E-state index contributed by atoms with van der Waals surface area (Å²) >= 11 is 0. The van der Waals surface area contributed by atoms with Gasteiger partial charge in [-0.3, -0.25) is 24.3 Å². The molecular weight excluding hydrogens is 324 g/mol. The Hall–Kier alpha value is -2.77. The van der Waals surface area contributed by atoms with Crippen molar-refractivity contribution >= 4 is 22.5 Å². The molecule has 8 nitrogen and oxygen atoms in total. The minimum atomic E-state index is -0.558. The van der Waals surface area contributed by atoms with Crippen LogP contribution in [0.15, 0.2) is 29.3 Å². The second-order valence-corrected chi connectivity index (χ2v) is 6.88. The summed E-state index contributed by atoms with van der Waals surface area (Å²) in [6.45, 7) is 5.48. The van der Waals surface area contributed by atoms with Crippen LogP contribution in [0.2, 0.25) is 0 Å². The van der Waals surface area contributed by atoms with Gasteiger partial charge in [0.1, 0.15) is 6.54 Å². The fourth-order valence-corrected chi connectivity index (χ4v) is 3.49. The number of carbonyl (C=O) groups excluding carboxylic acids is 1. The van der Waals surface area contributed by atoms with Crippen LogP contribution < -0.4 is 5.56 Å². The number of nitro benzene ring substituents is 1. The zero-order valence-corrected chi connectivity index (χ0v) is 14.2. The molecule has 25 heavy (non-hydrogen) atoms. The molecule has 2 heterocycles. The molecule has 0 N–H and O–H groups in total. The van der Waals surface area contributed by atoms with Gasteiger partial charge in [0.05, 0.1) is 22.2 Å². The molecule has 132 valence electrons. The molecule has 1 aromatic carbocycles. The Balaban J connectivity index is 1.88. The van der Waals surface area contributed by atoms with Crippen LogP contribution in [0.3, 0.4) is 0 Å². The van der Waals surface area contributed by atoms with Crippen LogP contribution in [0.25, 0.3) is 10.9 Å². The molecule has 0 aliphatic carbocycles. The molecule has 3 rings (SSSR count). The number of amides is 1. The van der Waals surface area contributed by atoms with Gasteiger partial charge in [0.15, 0.2) is 0 Å². The van der Waals surface area contributed by atoms with Crippen molar-refractivity contribution in [1.82, 2.24) is 14.5 Å². The third-order valence-corrected chi connectivity index (χ3v) is 4.55. The molecule has 2 aromatic rings. The van der Waals surface area contributed by atoms with Crippen LogP contribution in [0.4, 0.5) is 5.69 Å². The molecule has 8 heteroatoms. The standard InChI is InChI=1S/C17H20N4O4/c1-11-5-12(2)8-19(7-11)16(22)9-20-10-18-15-4-3-13(21(24)25)6-14(15)17(20)23/h3-4,6,10-12H,5,7-9H2,1-2H3/t11-,12-/m0/s1. The van der Waals surface area contributed by atoms with E-state index in [9.17, 15) is 19.7 Å². The number of fused-ring (bicyclic) bond motifs is 1. The van der Waals surface area contributed by atoms with E-state index in [1.807, 2.05) is 0 Å². The first-order chi connectivity index (χ1) is 11.8. The highest BCUT2D eigenvalue weighted by Gasteiger charge is 2.25. The van der Waals surface area contributed by atoms with Crippen molar-refractivity contribution in [3.63, 3.8) is 0 Å². The summed E-state index contributed by atoms with van der Waals surface area (Å²) in [7, 11) is 0. The molecular formula is C17H20N4O4. The third kappa shape index (κ3) is 3.52. The summed E-state index contributed by atoms with van der Waals surface area (Å²) < 4.78 is 1.22. The summed E-state index contributed by atoms with van der Waals surface area (Å²) in [6.07, 6.45) is 2.41. The van der Waals surface area contributed by atoms with E-state index < -0.39 is 10.5 Å². The number of aromatic nitrogens is 2. The first-order valence-electron chi connectivity index (χ1n) is 8.26. The van der Waals surface area contributed by atoms with Crippen LogP contribution in [0.1, 0.15) is 20.3 Å². The van der Waals surface area contributed by atoms with Gasteiger partial charge < -0.3 is 4.90 Å². The van der Waals surface area contributed by atoms with Gasteiger partial charge in [-0.2, -0.15) is 0 Å². The van der Waals surface area contributed by atoms with Gasteiger partial charge in [0.25, 0.3) is 11.2 Å². The fraction of sp³-hybridized carbons (Fsp3) is 0.471. The van der Waals surface area contributed by atoms with E-state index in [1.54, 1.807) is 4.90 Å². The zero-order valence-electron chi connectivity index (χ0n) is 14.2. The van der Waals surface area contributed by atoms with E-state index in [0.29, 0.717) is 30.4 Å². The molecule has 0 spiro atoms. The molecule has 2 atom stereocenters. The van der Waals surface area contributed by atoms with Gasteiger partial charge in [-0.1, -0.05) is 13.8 Å². The lowest BCUT2D eigenvalue weighted by atomic mass is 9.92. The van der Waals surface area contributed by atoms with E-state index in [1.165, 1.54) is 29.1 Å². The highest BCUT2D eigenvalue weighted by Crippen LogP contribution is 2.21. The maximum atomic E-state index is 12.6. The third-order valence-electron chi connectivity index (χ3n) is 4.55. The number of piperidine rings is 1. The zero-order chi connectivity index (χ0) is 18.1. The van der Waals surface area contributed by atoms with Gasteiger partial charge in [-0.15, -0.1) is 0 Å². The van der Waals surface area contributed by atoms with Gasteiger partial charge in [-0.05, 0) is 24.3 Å². The van der Waals surface area contributed by atoms with E-state index >= 15 is 0 Å². The van der Waals surface area contributed by atoms with E-state index in [2.05, 4.69) is 18.8 Å². The summed E-state index contributed by atoms with van der Waals surface area (Å²) in [6, 6.07) is 3.95. The molecule has 1 saturated heterocycles. The van der Waals surface area contributed by atoms with Crippen LogP contribution in [-0.4, -0.2) is 38.4 Å². The molecule has 0 saturated carbocycles. The van der Waals surface area contributed by atoms with Crippen molar-refractivity contribution in [1.29, 1.82) is 0 Å². The number of benzene rings is 1. The van der Waals surface area contributed by atoms with Crippen molar-refractivity contribution in [2.24, 2.45) is 11.8 Å². The first kappa shape index (κ1) is 17.1. The summed E-state index contributed by atoms with van der Waals surface area (Å²) in [4.78, 5) is 41.4. The van der Waals surface area contributed by atoms with Crippen molar-refractivity contribution < 1.29 is 9.72 Å². The number of nitrogens with zero attached hydrogens (tertiary/aromatic N) is 4. The van der Waals surface area contributed by atoms with Gasteiger partial charge in [-0.25, -0.2) is 4.98 Å². The predicted molar refractivity (Wildman–Crippen MR) is 92.2 cm³/mol. The predicted octanol–water partition coefficient (Wildman–Crippen LogP) is 1.81. The molecule has 1 aliphatic heterocycles. The largest absolute Gasteiger partial charge is 0.341 e. The Morgan fingerprint density at radius 1 is 1.32 bits per heavy atom. The molecule has 1 amide bonds. The van der Waals surface area contributed by atoms with Crippen molar-refractivity contribution in [2.75, 3.05) is 13.1 Å². The van der Waals surface area contributed by atoms with E-state index in [4.69, 9.17) is 0 Å². The average molecular weight is 344 g/mol. The maximum absolute atomic E-state index is 12.6. The summed E-state index contributed by atoms with van der Waals surface area (Å²) in [5.41, 5.74) is -0.242. The maximum Gasteiger partial charge on any atom is 0.270 e. The normalized spacial score (nSPS) is 20.6. The Morgan fingerprint density at radius 3 is 2.64 bits per heavy atom. The Kier molecular flexibility index (Phi) is 4.52. The monoisotopic (exact) mass is 344 g/mol. The lowest BCUT2D eigenvalue weighted by Crippen LogP contribution is -2.44. The van der Waals surface area contributed by atoms with Crippen LogP contribution >= 0.6 is 0 Å². The fourth-order valence-electron chi connectivity index (χ4n) is 3.49. The van der Waals surface area contributed by atoms with Crippen molar-refractivity contribution in [2.45, 2.75) is 26.8 Å². The molecule has 0 unspecified atom stereocenters. The first-order valence-corrected chi connectivity index (χ1v) is 8.26. The summed E-state index contributed by atoms with van der Waals surface area (Å²) in [5.74, 6) is 0.732. The second kappa shape index (κ2) is 6.62. The smallest absolute Gasteiger partial charge is 0.270 e. The molecule has 0 bridgehead atoms. The Labute approximate surface area is 144 Å². The lowest BCUT2D eigenvalue weighted by Gasteiger charge is -2.35. The number of hydrogen-bond acceptors (Lipinski definition) is 5. The van der Waals surface area contributed by atoms with Gasteiger partial charge >= 0.3 is 0 Å². The molecule has 1 aliphatic rings. The van der Waals surface area contributed by atoms with Crippen molar-refractivity contribution in [3.05, 3.63) is 45.0 Å². The second-order valence-electron chi connectivity index (χ2n) is 6.88. The van der Waals surface area contributed by atoms with Crippen LogP contribution in [0.5, 0.6) is 0 Å². The Bertz CT molecular complexity index is 882. The highest BCUT2D eigenvalue weighted by molar-refractivity contribution is 5.81. The number of rotatable bonds is 3. The number of carbonyl (C=O) groups is 1. The number of nitro groups is 1. The topological polar surface area (TPSA) is 98.3 Å². The number of likely N-dealkylation sites (tertiary alicyclic amines) is 1. The molecule has 1 fully saturated rings. The van der Waals surface area contributed by atoms with Gasteiger partial charge in [0, 0.05) is 25.2 Å². The minimum absolute atomic E-state index is 0.107. The van der Waals surface area contributed by atoms with Crippen molar-refractivity contribution in [3.8, 4) is 0 Å². The molecule has 1 aromatic heterocycles. The lowest BCUT2D eigenvalue weighted by molar-refractivity contribution is -0.384. The molecule has 0 radical (unpaired) electrons. The average Bonchev–Trinajstić information content (AvgIpc) is 2.56. The SMILES string of the molecule is C[C@H]1C[C@H](C)CN(C(=O)Cn2cnc3ccc([N+](=O)[O-])cc3c2=O)C1. The number of hydrogen-bond donors (Lipinski definition) is 0. The van der Waals surface area contributed by atoms with Gasteiger partial charge in [0.2, 0.25) is 5.91 Å². The Morgan fingerprint density at radius 2 is 2.00 bits per heavy atom. The minimum Gasteiger partial charge on any atom is -0.341 e.